The van der Waals surface area contributed by atoms with Crippen LogP contribution in [0.4, 0.5) is 0 Å². The number of benzene rings is 2. The number of aliphatic hydroxyl groups excluding tert-OH is 1. The normalized spacial score (nSPS) is 11.8. The first-order valence-corrected chi connectivity index (χ1v) is 9.09. The van der Waals surface area contributed by atoms with E-state index in [1.165, 1.54) is 6.92 Å². The number of rotatable bonds is 5. The molecule has 6 heteroatoms. The number of ether oxygens (including phenoxy) is 1. The fraction of sp³-hybridized carbons (Fsp3) is 0.143. The Kier molecular flexibility index (Phi) is 5.76. The van der Waals surface area contributed by atoms with Crippen molar-refractivity contribution < 1.29 is 19.1 Å². The van der Waals surface area contributed by atoms with Crippen molar-refractivity contribution in [2.45, 2.75) is 20.5 Å². The number of esters is 1. The molecule has 0 amide bonds. The number of carbonyl (C=O) groups is 1. The van der Waals surface area contributed by atoms with Crippen LogP contribution in [0, 0.1) is 6.92 Å². The lowest BCUT2D eigenvalue weighted by atomic mass is 10.1. The van der Waals surface area contributed by atoms with Crippen molar-refractivity contribution in [3.8, 4) is 11.3 Å². The highest BCUT2D eigenvalue weighted by molar-refractivity contribution is 9.10. The van der Waals surface area contributed by atoms with Gasteiger partial charge in [-0.3, -0.25) is 0 Å². The van der Waals surface area contributed by atoms with Gasteiger partial charge in [0.05, 0.1) is 0 Å². The van der Waals surface area contributed by atoms with Crippen molar-refractivity contribution in [1.82, 2.24) is 4.98 Å². The summed E-state index contributed by atoms with van der Waals surface area (Å²) in [5.74, 6) is -0.290. The van der Waals surface area contributed by atoms with E-state index in [0.717, 1.165) is 15.6 Å². The lowest BCUT2D eigenvalue weighted by Gasteiger charge is -2.09. The van der Waals surface area contributed by atoms with Crippen molar-refractivity contribution in [3.63, 3.8) is 0 Å². The lowest BCUT2D eigenvalue weighted by Crippen LogP contribution is -2.09. The Morgan fingerprint density at radius 1 is 1.15 bits per heavy atom. The van der Waals surface area contributed by atoms with Crippen LogP contribution in [0.1, 0.15) is 24.1 Å². The standard InChI is InChI=1S/C21H18BrNO4/c1-13(24)18(21(25)26-12-15-6-4-3-5-7-15)20-19(23-14(2)27-20)16-8-10-17(22)11-9-16/h3-11,24H,12H2,1-2H3/b18-13-. The zero-order chi connectivity index (χ0) is 19.4. The number of nitrogens with zero attached hydrogens (tertiary/aromatic N) is 1. The molecule has 1 N–H and O–H groups in total. The van der Waals surface area contributed by atoms with Crippen LogP contribution in [0.15, 0.2) is 69.2 Å². The number of carbonyl (C=O) groups excluding carboxylic acids is 1. The van der Waals surface area contributed by atoms with Crippen molar-refractivity contribution >= 4 is 27.5 Å². The number of aromatic nitrogens is 1. The number of halogens is 1. The molecule has 0 saturated heterocycles. The van der Waals surface area contributed by atoms with Gasteiger partial charge in [0.15, 0.2) is 11.7 Å². The highest BCUT2D eigenvalue weighted by Crippen LogP contribution is 2.32. The van der Waals surface area contributed by atoms with Crippen LogP contribution in [0.5, 0.6) is 0 Å². The highest BCUT2D eigenvalue weighted by Gasteiger charge is 2.26. The Labute approximate surface area is 165 Å². The summed E-state index contributed by atoms with van der Waals surface area (Å²) in [5.41, 5.74) is 2.05. The quantitative estimate of drug-likeness (QED) is 0.333. The number of allylic oxidation sites excluding steroid dienone is 1. The zero-order valence-corrected chi connectivity index (χ0v) is 16.5. The van der Waals surface area contributed by atoms with Crippen LogP contribution in [-0.4, -0.2) is 16.1 Å². The molecule has 0 aliphatic heterocycles. The van der Waals surface area contributed by atoms with Gasteiger partial charge in [0.1, 0.15) is 23.6 Å². The number of aryl methyl sites for hydroxylation is 1. The summed E-state index contributed by atoms with van der Waals surface area (Å²) in [7, 11) is 0. The summed E-state index contributed by atoms with van der Waals surface area (Å²) in [6.07, 6.45) is 0. The predicted molar refractivity (Wildman–Crippen MR) is 106 cm³/mol. The Morgan fingerprint density at radius 2 is 1.81 bits per heavy atom. The molecule has 138 valence electrons. The maximum absolute atomic E-state index is 12.7. The molecule has 0 aliphatic rings. The molecule has 3 rings (SSSR count). The molecule has 2 aromatic carbocycles. The molecule has 0 unspecified atom stereocenters. The first kappa shape index (κ1) is 18.9. The van der Waals surface area contributed by atoms with E-state index in [9.17, 15) is 9.90 Å². The fourth-order valence-electron chi connectivity index (χ4n) is 2.60. The van der Waals surface area contributed by atoms with Crippen LogP contribution in [0.25, 0.3) is 16.8 Å². The second kappa shape index (κ2) is 8.22. The molecule has 0 fully saturated rings. The molecular formula is C21H18BrNO4. The molecule has 0 bridgehead atoms. The van der Waals surface area contributed by atoms with Crippen molar-refractivity contribution in [3.05, 3.63) is 82.0 Å². The summed E-state index contributed by atoms with van der Waals surface area (Å²) in [6.45, 7) is 3.20. The number of oxazole rings is 1. The van der Waals surface area contributed by atoms with Gasteiger partial charge in [-0.2, -0.15) is 0 Å². The molecule has 0 spiro atoms. The molecule has 0 atom stereocenters. The van der Waals surface area contributed by atoms with Crippen LogP contribution in [-0.2, 0) is 16.1 Å². The van der Waals surface area contributed by atoms with Gasteiger partial charge >= 0.3 is 5.97 Å². The van der Waals surface area contributed by atoms with Gasteiger partial charge in [-0.15, -0.1) is 0 Å². The predicted octanol–water partition coefficient (Wildman–Crippen LogP) is 5.44. The second-order valence-corrected chi connectivity index (χ2v) is 6.86. The largest absolute Gasteiger partial charge is 0.512 e. The van der Waals surface area contributed by atoms with E-state index in [2.05, 4.69) is 20.9 Å². The summed E-state index contributed by atoms with van der Waals surface area (Å²) in [4.78, 5) is 17.0. The molecule has 1 aromatic heterocycles. The number of aliphatic hydroxyl groups is 1. The summed E-state index contributed by atoms with van der Waals surface area (Å²) >= 11 is 3.39. The first-order valence-electron chi connectivity index (χ1n) is 8.30. The molecule has 27 heavy (non-hydrogen) atoms. The molecule has 5 nitrogen and oxygen atoms in total. The average molecular weight is 428 g/mol. The Balaban J connectivity index is 1.93. The molecular weight excluding hydrogens is 410 g/mol. The molecule has 0 aliphatic carbocycles. The van der Waals surface area contributed by atoms with Gasteiger partial charge in [0.25, 0.3) is 0 Å². The number of hydrogen-bond donors (Lipinski definition) is 1. The van der Waals surface area contributed by atoms with Gasteiger partial charge in [-0.25, -0.2) is 9.78 Å². The maximum Gasteiger partial charge on any atom is 0.345 e. The molecule has 3 aromatic rings. The second-order valence-electron chi connectivity index (χ2n) is 5.94. The molecule has 0 radical (unpaired) electrons. The first-order chi connectivity index (χ1) is 13.0. The third-order valence-electron chi connectivity index (χ3n) is 3.86. The van der Waals surface area contributed by atoms with Gasteiger partial charge in [-0.05, 0) is 24.6 Å². The van der Waals surface area contributed by atoms with Gasteiger partial charge in [0, 0.05) is 17.0 Å². The third-order valence-corrected chi connectivity index (χ3v) is 4.39. The minimum atomic E-state index is -0.673. The number of hydrogen-bond acceptors (Lipinski definition) is 5. The Morgan fingerprint density at radius 3 is 2.44 bits per heavy atom. The van der Waals surface area contributed by atoms with Crippen molar-refractivity contribution in [1.29, 1.82) is 0 Å². The fourth-order valence-corrected chi connectivity index (χ4v) is 2.86. The van der Waals surface area contributed by atoms with Gasteiger partial charge < -0.3 is 14.3 Å². The van der Waals surface area contributed by atoms with Gasteiger partial charge in [-0.1, -0.05) is 58.4 Å². The SMILES string of the molecule is C/C(O)=C(/C(=O)OCc1ccccc1)c1oc(C)nc1-c1ccc(Br)cc1. The lowest BCUT2D eigenvalue weighted by molar-refractivity contribution is -0.138. The summed E-state index contributed by atoms with van der Waals surface area (Å²) in [6, 6.07) is 16.8. The van der Waals surface area contributed by atoms with E-state index in [1.54, 1.807) is 6.92 Å². The Bertz CT molecular complexity index is 971. The zero-order valence-electron chi connectivity index (χ0n) is 14.9. The van der Waals surface area contributed by atoms with Crippen molar-refractivity contribution in [2.75, 3.05) is 0 Å². The highest BCUT2D eigenvalue weighted by atomic mass is 79.9. The Hall–Kier alpha value is -2.86. The van der Waals surface area contributed by atoms with Crippen LogP contribution in [0.3, 0.4) is 0 Å². The van der Waals surface area contributed by atoms with E-state index < -0.39 is 5.97 Å². The van der Waals surface area contributed by atoms with E-state index in [-0.39, 0.29) is 23.7 Å². The van der Waals surface area contributed by atoms with Gasteiger partial charge in [0.2, 0.25) is 0 Å². The minimum absolute atomic E-state index is 0.0375. The third kappa shape index (κ3) is 4.46. The average Bonchev–Trinajstić information content (AvgIpc) is 3.02. The van der Waals surface area contributed by atoms with Crippen molar-refractivity contribution in [2.24, 2.45) is 0 Å². The molecule has 0 saturated carbocycles. The monoisotopic (exact) mass is 427 g/mol. The minimum Gasteiger partial charge on any atom is -0.512 e. The molecule has 1 heterocycles. The summed E-state index contributed by atoms with van der Waals surface area (Å²) < 4.78 is 11.9. The summed E-state index contributed by atoms with van der Waals surface area (Å²) in [5, 5.41) is 10.1. The topological polar surface area (TPSA) is 72.6 Å². The van der Waals surface area contributed by atoms with E-state index in [4.69, 9.17) is 9.15 Å². The van der Waals surface area contributed by atoms with Crippen LogP contribution >= 0.6 is 15.9 Å². The van der Waals surface area contributed by atoms with E-state index in [0.29, 0.717) is 11.6 Å². The van der Waals surface area contributed by atoms with E-state index in [1.807, 2.05) is 54.6 Å². The van der Waals surface area contributed by atoms with E-state index >= 15 is 0 Å². The van der Waals surface area contributed by atoms with Crippen LogP contribution in [0.2, 0.25) is 0 Å². The maximum atomic E-state index is 12.7. The van der Waals surface area contributed by atoms with Crippen LogP contribution < -0.4 is 0 Å². The smallest absolute Gasteiger partial charge is 0.345 e.